The summed E-state index contributed by atoms with van der Waals surface area (Å²) in [4.78, 5) is 7.67. The van der Waals surface area contributed by atoms with Crippen LogP contribution in [0.4, 0.5) is 5.82 Å². The number of nitrogens with zero attached hydrogens (tertiary/aromatic N) is 3. The minimum Gasteiger partial charge on any atom is -0.480 e. The molecule has 0 aliphatic carbocycles. The van der Waals surface area contributed by atoms with E-state index in [9.17, 15) is 8.42 Å². The average molecular weight is 369 g/mol. The highest BCUT2D eigenvalue weighted by Gasteiger charge is 2.17. The van der Waals surface area contributed by atoms with Crippen molar-refractivity contribution in [2.45, 2.75) is 4.90 Å². The summed E-state index contributed by atoms with van der Waals surface area (Å²) in [6, 6.07) is 6.07. The molecule has 1 heterocycles. The summed E-state index contributed by atoms with van der Waals surface area (Å²) in [6.07, 6.45) is 2.53. The molecular weight excluding hydrogens is 360 g/mol. The molecule has 0 radical (unpaired) electrons. The van der Waals surface area contributed by atoms with Crippen molar-refractivity contribution in [2.24, 2.45) is 0 Å². The smallest absolute Gasteiger partial charge is 0.263 e. The van der Waals surface area contributed by atoms with Gasteiger partial charge < -0.3 is 4.74 Å². The monoisotopic (exact) mass is 368 g/mol. The predicted octanol–water partition coefficient (Wildman–Crippen LogP) is 1.92. The first kappa shape index (κ1) is 15.2. The molecule has 7 nitrogen and oxygen atoms in total. The van der Waals surface area contributed by atoms with Crippen LogP contribution in [0.15, 0.2) is 40.0 Å². The molecule has 1 aromatic carbocycles. The van der Waals surface area contributed by atoms with Crippen LogP contribution in [0.5, 0.6) is 5.88 Å². The van der Waals surface area contributed by atoms with Gasteiger partial charge >= 0.3 is 0 Å². The van der Waals surface area contributed by atoms with Crippen LogP contribution in [0.3, 0.4) is 0 Å². The zero-order chi connectivity index (χ0) is 15.5. The van der Waals surface area contributed by atoms with Gasteiger partial charge in [-0.3, -0.25) is 4.72 Å². The molecule has 0 bridgehead atoms. The fraction of sp³-hybridized carbons (Fsp3) is 0.0833. The number of nitriles is 1. The number of rotatable bonds is 4. The van der Waals surface area contributed by atoms with E-state index in [1.165, 1.54) is 37.7 Å². The molecule has 2 aromatic rings. The van der Waals surface area contributed by atoms with E-state index in [4.69, 9.17) is 10.00 Å². The Labute approximate surface area is 129 Å². The van der Waals surface area contributed by atoms with E-state index >= 15 is 0 Å². The lowest BCUT2D eigenvalue weighted by molar-refractivity contribution is 0.396. The fourth-order valence-corrected chi connectivity index (χ4v) is 3.16. The molecule has 2 rings (SSSR count). The molecule has 1 N–H and O–H groups in total. The van der Waals surface area contributed by atoms with Gasteiger partial charge in [0, 0.05) is 4.47 Å². The largest absolute Gasteiger partial charge is 0.480 e. The second-order valence-electron chi connectivity index (χ2n) is 3.84. The molecule has 21 heavy (non-hydrogen) atoms. The van der Waals surface area contributed by atoms with Gasteiger partial charge in [-0.2, -0.15) is 5.26 Å². The van der Waals surface area contributed by atoms with Crippen LogP contribution in [-0.4, -0.2) is 25.5 Å². The third-order valence-corrected chi connectivity index (χ3v) is 4.18. The average Bonchev–Trinajstić information content (AvgIpc) is 2.47. The van der Waals surface area contributed by atoms with Gasteiger partial charge in [0.25, 0.3) is 10.0 Å². The van der Waals surface area contributed by atoms with E-state index < -0.39 is 10.0 Å². The topological polar surface area (TPSA) is 105 Å². The van der Waals surface area contributed by atoms with Crippen molar-refractivity contribution in [3.8, 4) is 11.9 Å². The summed E-state index contributed by atoms with van der Waals surface area (Å²) in [5, 5.41) is 8.88. The van der Waals surface area contributed by atoms with Crippen molar-refractivity contribution >= 4 is 31.8 Å². The summed E-state index contributed by atoms with van der Waals surface area (Å²) in [6.45, 7) is 0. The minimum atomic E-state index is -3.86. The molecular formula is C12H9BrN4O3S. The lowest BCUT2D eigenvalue weighted by Gasteiger charge is -2.08. The van der Waals surface area contributed by atoms with Crippen LogP contribution in [0.1, 0.15) is 5.56 Å². The maximum Gasteiger partial charge on any atom is 0.263 e. The van der Waals surface area contributed by atoms with Crippen molar-refractivity contribution in [2.75, 3.05) is 11.8 Å². The molecule has 0 saturated heterocycles. The number of sulfonamides is 1. The maximum absolute atomic E-state index is 12.2. The first-order chi connectivity index (χ1) is 9.94. The zero-order valence-electron chi connectivity index (χ0n) is 10.7. The number of anilines is 1. The van der Waals surface area contributed by atoms with E-state index in [0.29, 0.717) is 4.47 Å². The van der Waals surface area contributed by atoms with Gasteiger partial charge in [0.2, 0.25) is 5.88 Å². The lowest BCUT2D eigenvalue weighted by atomic mass is 10.2. The SMILES string of the molecule is COc1cnc(NS(=O)(=O)c2cc(Br)cc(C#N)c2)cn1. The van der Waals surface area contributed by atoms with E-state index in [-0.39, 0.29) is 22.2 Å². The van der Waals surface area contributed by atoms with Crippen molar-refractivity contribution in [1.82, 2.24) is 9.97 Å². The molecule has 0 aliphatic rings. The first-order valence-corrected chi connectivity index (χ1v) is 7.82. The van der Waals surface area contributed by atoms with Crippen LogP contribution in [0.2, 0.25) is 0 Å². The normalized spacial score (nSPS) is 10.7. The maximum atomic E-state index is 12.2. The molecule has 0 saturated carbocycles. The molecule has 0 aliphatic heterocycles. The Bertz CT molecular complexity index is 800. The molecule has 0 fully saturated rings. The van der Waals surface area contributed by atoms with Crippen molar-refractivity contribution < 1.29 is 13.2 Å². The number of hydrogen-bond acceptors (Lipinski definition) is 6. The van der Waals surface area contributed by atoms with Gasteiger partial charge in [0.15, 0.2) is 5.82 Å². The molecule has 108 valence electrons. The highest BCUT2D eigenvalue weighted by atomic mass is 79.9. The van der Waals surface area contributed by atoms with Crippen molar-refractivity contribution in [1.29, 1.82) is 5.26 Å². The number of ether oxygens (including phenoxy) is 1. The lowest BCUT2D eigenvalue weighted by Crippen LogP contribution is -2.14. The molecule has 0 spiro atoms. The third kappa shape index (κ3) is 3.68. The van der Waals surface area contributed by atoms with Crippen LogP contribution in [0.25, 0.3) is 0 Å². The van der Waals surface area contributed by atoms with Crippen molar-refractivity contribution in [3.05, 3.63) is 40.6 Å². The molecule has 9 heteroatoms. The van der Waals surface area contributed by atoms with Crippen LogP contribution >= 0.6 is 15.9 Å². The second kappa shape index (κ2) is 6.07. The number of aromatic nitrogens is 2. The van der Waals surface area contributed by atoms with Crippen LogP contribution < -0.4 is 9.46 Å². The van der Waals surface area contributed by atoms with Gasteiger partial charge in [-0.15, -0.1) is 0 Å². The van der Waals surface area contributed by atoms with E-state index in [0.717, 1.165) is 0 Å². The molecule has 0 atom stereocenters. The quantitative estimate of drug-likeness (QED) is 0.883. The number of nitrogens with one attached hydrogen (secondary N) is 1. The number of hydrogen-bond donors (Lipinski definition) is 1. The standard InChI is InChI=1S/C12H9BrN4O3S/c1-20-12-7-15-11(6-16-12)17-21(18,19)10-3-8(5-14)2-9(13)4-10/h2-4,6-7H,1H3,(H,15,17). The van der Waals surface area contributed by atoms with E-state index in [1.807, 2.05) is 6.07 Å². The third-order valence-electron chi connectivity index (χ3n) is 2.39. The number of halogens is 1. The Morgan fingerprint density at radius 1 is 1.29 bits per heavy atom. The second-order valence-corrected chi connectivity index (χ2v) is 6.43. The number of benzene rings is 1. The van der Waals surface area contributed by atoms with Gasteiger partial charge in [0.1, 0.15) is 0 Å². The Morgan fingerprint density at radius 2 is 2.05 bits per heavy atom. The van der Waals surface area contributed by atoms with Crippen LogP contribution in [0, 0.1) is 11.3 Å². The fourth-order valence-electron chi connectivity index (χ4n) is 1.45. The summed E-state index contributed by atoms with van der Waals surface area (Å²) in [7, 11) is -2.43. The van der Waals surface area contributed by atoms with Gasteiger partial charge in [-0.05, 0) is 18.2 Å². The Hall–Kier alpha value is -2.18. The van der Waals surface area contributed by atoms with Gasteiger partial charge in [-0.25, -0.2) is 18.4 Å². The molecule has 0 amide bonds. The van der Waals surface area contributed by atoms with E-state index in [1.54, 1.807) is 0 Å². The first-order valence-electron chi connectivity index (χ1n) is 5.54. The summed E-state index contributed by atoms with van der Waals surface area (Å²) in [5.74, 6) is 0.321. The van der Waals surface area contributed by atoms with E-state index in [2.05, 4.69) is 30.6 Å². The Morgan fingerprint density at radius 3 is 2.62 bits per heavy atom. The molecule has 1 aromatic heterocycles. The summed E-state index contributed by atoms with van der Waals surface area (Å²) in [5.41, 5.74) is 0.227. The Balaban J connectivity index is 2.33. The predicted molar refractivity (Wildman–Crippen MR) is 78.2 cm³/mol. The Kier molecular flexibility index (Phi) is 4.40. The minimum absolute atomic E-state index is 0.0500. The zero-order valence-corrected chi connectivity index (χ0v) is 13.1. The molecule has 0 unspecified atom stereocenters. The van der Waals surface area contributed by atoms with Gasteiger partial charge in [-0.1, -0.05) is 15.9 Å². The highest BCUT2D eigenvalue weighted by molar-refractivity contribution is 9.10. The number of methoxy groups -OCH3 is 1. The summed E-state index contributed by atoms with van der Waals surface area (Å²) >= 11 is 3.16. The van der Waals surface area contributed by atoms with Crippen LogP contribution in [-0.2, 0) is 10.0 Å². The summed E-state index contributed by atoms with van der Waals surface area (Å²) < 4.78 is 32.1. The van der Waals surface area contributed by atoms with Crippen molar-refractivity contribution in [3.63, 3.8) is 0 Å². The van der Waals surface area contributed by atoms with Gasteiger partial charge in [0.05, 0.1) is 36.0 Å². The highest BCUT2D eigenvalue weighted by Crippen LogP contribution is 2.21.